The normalized spacial score (nSPS) is 11.6. The first kappa shape index (κ1) is 16.6. The Morgan fingerprint density at radius 1 is 1.12 bits per heavy atom. The SMILES string of the molecule is CSP(O)(O)=S.C[P+](C)(C)c1ccccc1. The van der Waals surface area contributed by atoms with Crippen LogP contribution in [0.2, 0.25) is 0 Å². The van der Waals surface area contributed by atoms with Crippen molar-refractivity contribution in [3.8, 4) is 0 Å². The van der Waals surface area contributed by atoms with E-state index in [4.69, 9.17) is 9.79 Å². The Morgan fingerprint density at radius 3 is 1.69 bits per heavy atom. The molecule has 1 aromatic carbocycles. The Hall–Kier alpha value is 0.570. The third kappa shape index (κ3) is 8.69. The zero-order chi connectivity index (χ0) is 12.8. The lowest BCUT2D eigenvalue weighted by Crippen LogP contribution is -2.05. The molecule has 0 fully saturated rings. The van der Waals surface area contributed by atoms with Gasteiger partial charge in [0.1, 0.15) is 0 Å². The topological polar surface area (TPSA) is 40.5 Å². The molecule has 0 aliphatic rings. The first-order valence-corrected chi connectivity index (χ1v) is 12.3. The highest BCUT2D eigenvalue weighted by molar-refractivity contribution is 8.67. The molecule has 6 heteroatoms. The lowest BCUT2D eigenvalue weighted by Gasteiger charge is -2.10. The molecule has 0 unspecified atom stereocenters. The van der Waals surface area contributed by atoms with Crippen molar-refractivity contribution in [3.63, 3.8) is 0 Å². The third-order valence-corrected chi connectivity index (χ3v) is 6.86. The van der Waals surface area contributed by atoms with E-state index >= 15 is 0 Å². The number of rotatable bonds is 2. The van der Waals surface area contributed by atoms with Crippen molar-refractivity contribution in [1.29, 1.82) is 0 Å². The molecular weight excluding hydrogens is 278 g/mol. The zero-order valence-electron chi connectivity index (χ0n) is 9.99. The summed E-state index contributed by atoms with van der Waals surface area (Å²) in [5.41, 5.74) is -2.90. The average molecular weight is 297 g/mol. The van der Waals surface area contributed by atoms with Crippen LogP contribution in [0.1, 0.15) is 0 Å². The smallest absolute Gasteiger partial charge is 0.241 e. The first-order valence-electron chi connectivity index (χ1n) is 4.65. The summed E-state index contributed by atoms with van der Waals surface area (Å²) in [5.74, 6) is 0. The van der Waals surface area contributed by atoms with Gasteiger partial charge in [0.05, 0.1) is 25.3 Å². The fourth-order valence-corrected chi connectivity index (χ4v) is 1.94. The number of benzene rings is 1. The molecule has 0 saturated heterocycles. The van der Waals surface area contributed by atoms with Gasteiger partial charge in [-0.2, -0.15) is 0 Å². The van der Waals surface area contributed by atoms with Crippen molar-refractivity contribution >= 4 is 41.4 Å². The van der Waals surface area contributed by atoms with Crippen LogP contribution in [0.4, 0.5) is 0 Å². The van der Waals surface area contributed by atoms with Crippen LogP contribution in [-0.2, 0) is 11.8 Å². The Balaban J connectivity index is 0.000000325. The van der Waals surface area contributed by atoms with Crippen LogP contribution in [0.5, 0.6) is 0 Å². The molecule has 0 saturated carbocycles. The summed E-state index contributed by atoms with van der Waals surface area (Å²) in [5, 5.41) is 1.51. The van der Waals surface area contributed by atoms with E-state index in [1.807, 2.05) is 0 Å². The second-order valence-electron chi connectivity index (χ2n) is 4.02. The highest BCUT2D eigenvalue weighted by Gasteiger charge is 2.19. The highest BCUT2D eigenvalue weighted by Crippen LogP contribution is 2.48. The van der Waals surface area contributed by atoms with Gasteiger partial charge in [0.15, 0.2) is 0 Å². The van der Waals surface area contributed by atoms with Crippen molar-refractivity contribution < 1.29 is 9.79 Å². The van der Waals surface area contributed by atoms with Gasteiger partial charge in [-0.25, -0.2) is 0 Å². The van der Waals surface area contributed by atoms with E-state index in [1.165, 1.54) is 5.30 Å². The van der Waals surface area contributed by atoms with Gasteiger partial charge in [-0.05, 0) is 30.2 Å². The van der Waals surface area contributed by atoms with E-state index in [-0.39, 0.29) is 0 Å². The van der Waals surface area contributed by atoms with E-state index in [9.17, 15) is 0 Å². The molecule has 0 heterocycles. The molecule has 0 bridgehead atoms. The van der Waals surface area contributed by atoms with E-state index in [0.717, 1.165) is 11.4 Å². The molecule has 2 N–H and O–H groups in total. The van der Waals surface area contributed by atoms with Crippen LogP contribution in [0.3, 0.4) is 0 Å². The summed E-state index contributed by atoms with van der Waals surface area (Å²) in [6.07, 6.45) is 1.57. The third-order valence-electron chi connectivity index (χ3n) is 1.77. The molecule has 92 valence electrons. The van der Waals surface area contributed by atoms with Crippen molar-refractivity contribution in [2.45, 2.75) is 0 Å². The fraction of sp³-hybridized carbons (Fsp3) is 0.400. The molecule has 0 atom stereocenters. The molecule has 2 nitrogen and oxygen atoms in total. The minimum Gasteiger partial charge on any atom is -0.338 e. The summed E-state index contributed by atoms with van der Waals surface area (Å²) in [6.45, 7) is 7.01. The van der Waals surface area contributed by atoms with Crippen LogP contribution in [0, 0.1) is 0 Å². The van der Waals surface area contributed by atoms with Gasteiger partial charge < -0.3 is 9.79 Å². The summed E-state index contributed by atoms with van der Waals surface area (Å²) in [4.78, 5) is 16.5. The Bertz CT molecular complexity index is 344. The summed E-state index contributed by atoms with van der Waals surface area (Å²) in [7, 11) is -0.768. The quantitative estimate of drug-likeness (QED) is 0.824. The maximum absolute atomic E-state index is 8.27. The Morgan fingerprint density at radius 2 is 1.50 bits per heavy atom. The van der Waals surface area contributed by atoms with Crippen LogP contribution in [-0.4, -0.2) is 36.0 Å². The number of hydrogen-bond acceptors (Lipinski definition) is 2. The second-order valence-corrected chi connectivity index (χ2v) is 14.8. The Kier molecular flexibility index (Phi) is 7.36. The van der Waals surface area contributed by atoms with E-state index in [2.05, 4.69) is 62.1 Å². The second kappa shape index (κ2) is 7.10. The van der Waals surface area contributed by atoms with E-state index < -0.39 is 13.0 Å². The Labute approximate surface area is 108 Å². The minimum absolute atomic E-state index is 0.768. The molecule has 0 spiro atoms. The summed E-state index contributed by atoms with van der Waals surface area (Å²) in [6, 6.07) is 10.7. The monoisotopic (exact) mass is 297 g/mol. The van der Waals surface area contributed by atoms with E-state index in [1.54, 1.807) is 6.26 Å². The average Bonchev–Trinajstić information content (AvgIpc) is 2.18. The molecule has 16 heavy (non-hydrogen) atoms. The van der Waals surface area contributed by atoms with Crippen molar-refractivity contribution in [2.24, 2.45) is 0 Å². The van der Waals surface area contributed by atoms with Gasteiger partial charge in [-0.3, -0.25) is 0 Å². The van der Waals surface area contributed by atoms with Crippen molar-refractivity contribution in [1.82, 2.24) is 0 Å². The predicted molar refractivity (Wildman–Crippen MR) is 83.0 cm³/mol. The van der Waals surface area contributed by atoms with Gasteiger partial charge in [0, 0.05) is 7.26 Å². The predicted octanol–water partition coefficient (Wildman–Crippen LogP) is 2.78. The standard InChI is InChI=1S/C9H14P.CH5O2PS2/c1-10(2,3)9-7-5-4-6-8-9;1-6-4(2,3)5/h4-8H,1-3H3;1H3,(H2,2,3,5)/q+1;. The van der Waals surface area contributed by atoms with Crippen LogP contribution in [0.15, 0.2) is 30.3 Å². The van der Waals surface area contributed by atoms with Gasteiger partial charge in [-0.1, -0.05) is 29.6 Å². The molecule has 0 amide bonds. The lowest BCUT2D eigenvalue weighted by atomic mass is 10.4. The van der Waals surface area contributed by atoms with Crippen molar-refractivity contribution in [3.05, 3.63) is 30.3 Å². The van der Waals surface area contributed by atoms with Gasteiger partial charge in [0.25, 0.3) is 0 Å². The first-order chi connectivity index (χ1) is 7.17. The molecule has 0 aromatic heterocycles. The number of hydrogen-bond donors (Lipinski definition) is 2. The maximum atomic E-state index is 8.27. The summed E-state index contributed by atoms with van der Waals surface area (Å²) >= 11 is 5.09. The molecule has 0 aliphatic carbocycles. The molecule has 1 aromatic rings. The lowest BCUT2D eigenvalue weighted by molar-refractivity contribution is 0.502. The van der Waals surface area contributed by atoms with Gasteiger partial charge in [0.2, 0.25) is 5.69 Å². The van der Waals surface area contributed by atoms with Gasteiger partial charge in [-0.15, -0.1) is 0 Å². The highest BCUT2D eigenvalue weighted by atomic mass is 32.9. The zero-order valence-corrected chi connectivity index (χ0v) is 13.4. The van der Waals surface area contributed by atoms with Crippen LogP contribution < -0.4 is 5.30 Å². The molecule has 0 aliphatic heterocycles. The molecular formula is C10H19O2P2S2+. The maximum Gasteiger partial charge on any atom is 0.241 e. The van der Waals surface area contributed by atoms with Crippen LogP contribution >= 0.6 is 24.3 Å². The van der Waals surface area contributed by atoms with Crippen LogP contribution in [0.25, 0.3) is 0 Å². The molecule has 0 radical (unpaired) electrons. The van der Waals surface area contributed by atoms with Crippen molar-refractivity contribution in [2.75, 3.05) is 26.3 Å². The fourth-order valence-electron chi connectivity index (χ4n) is 0.875. The molecule has 1 rings (SSSR count). The minimum atomic E-state index is -2.90. The van der Waals surface area contributed by atoms with Gasteiger partial charge >= 0.3 is 0 Å². The van der Waals surface area contributed by atoms with E-state index in [0.29, 0.717) is 0 Å². The largest absolute Gasteiger partial charge is 0.338 e. The summed E-state index contributed by atoms with van der Waals surface area (Å²) < 4.78 is 0.